The van der Waals surface area contributed by atoms with Crippen LogP contribution in [0.4, 0.5) is 0 Å². The van der Waals surface area contributed by atoms with Crippen molar-refractivity contribution >= 4 is 0 Å². The maximum atomic E-state index is 6.08. The molecular formula is C14H17NO2. The van der Waals surface area contributed by atoms with Crippen LogP contribution >= 0.6 is 0 Å². The van der Waals surface area contributed by atoms with Gasteiger partial charge in [-0.1, -0.05) is 12.1 Å². The third-order valence-corrected chi connectivity index (χ3v) is 2.70. The first-order valence-electron chi connectivity index (χ1n) is 5.69. The van der Waals surface area contributed by atoms with Gasteiger partial charge in [-0.25, -0.2) is 0 Å². The van der Waals surface area contributed by atoms with Gasteiger partial charge in [0.05, 0.1) is 13.4 Å². The molecule has 3 nitrogen and oxygen atoms in total. The monoisotopic (exact) mass is 231 g/mol. The van der Waals surface area contributed by atoms with Crippen LogP contribution in [0.15, 0.2) is 47.1 Å². The van der Waals surface area contributed by atoms with Gasteiger partial charge >= 0.3 is 0 Å². The van der Waals surface area contributed by atoms with Crippen LogP contribution in [0.3, 0.4) is 0 Å². The number of ether oxygens (including phenoxy) is 1. The smallest absolute Gasteiger partial charge is 0.118 e. The predicted molar refractivity (Wildman–Crippen MR) is 67.1 cm³/mol. The molecule has 0 aliphatic rings. The molecule has 1 aromatic carbocycles. The Morgan fingerprint density at radius 3 is 2.53 bits per heavy atom. The van der Waals surface area contributed by atoms with Crippen LogP contribution in [0.25, 0.3) is 0 Å². The molecule has 0 saturated heterocycles. The summed E-state index contributed by atoms with van der Waals surface area (Å²) in [5.74, 6) is 1.80. The number of methoxy groups -OCH3 is 1. The zero-order valence-corrected chi connectivity index (χ0v) is 9.93. The van der Waals surface area contributed by atoms with E-state index in [2.05, 4.69) is 0 Å². The van der Waals surface area contributed by atoms with E-state index in [1.165, 1.54) is 5.56 Å². The quantitative estimate of drug-likeness (QED) is 0.859. The first-order chi connectivity index (χ1) is 8.28. The molecule has 90 valence electrons. The largest absolute Gasteiger partial charge is 0.497 e. The molecule has 0 amide bonds. The van der Waals surface area contributed by atoms with Gasteiger partial charge in [0, 0.05) is 12.5 Å². The Bertz CT molecular complexity index is 434. The van der Waals surface area contributed by atoms with Crippen molar-refractivity contribution in [3.05, 3.63) is 54.0 Å². The summed E-state index contributed by atoms with van der Waals surface area (Å²) in [6.07, 6.45) is 3.28. The third kappa shape index (κ3) is 3.36. The molecule has 17 heavy (non-hydrogen) atoms. The molecule has 1 unspecified atom stereocenters. The molecule has 2 N–H and O–H groups in total. The van der Waals surface area contributed by atoms with Crippen molar-refractivity contribution in [1.29, 1.82) is 0 Å². The minimum Gasteiger partial charge on any atom is -0.497 e. The van der Waals surface area contributed by atoms with Crippen LogP contribution in [0.1, 0.15) is 11.3 Å². The molecule has 0 aliphatic heterocycles. The predicted octanol–water partition coefficient (Wildman–Crippen LogP) is 2.40. The van der Waals surface area contributed by atoms with E-state index < -0.39 is 0 Å². The summed E-state index contributed by atoms with van der Waals surface area (Å²) < 4.78 is 10.4. The summed E-state index contributed by atoms with van der Waals surface area (Å²) in [5.41, 5.74) is 7.29. The molecule has 1 aromatic heterocycles. The van der Waals surface area contributed by atoms with Gasteiger partial charge in [-0.15, -0.1) is 0 Å². The van der Waals surface area contributed by atoms with Gasteiger partial charge in [0.2, 0.25) is 0 Å². The fraction of sp³-hybridized carbons (Fsp3) is 0.286. The summed E-state index contributed by atoms with van der Waals surface area (Å²) >= 11 is 0. The van der Waals surface area contributed by atoms with Crippen LogP contribution in [0.5, 0.6) is 5.75 Å². The summed E-state index contributed by atoms with van der Waals surface area (Å²) in [5, 5.41) is 0. The highest BCUT2D eigenvalue weighted by molar-refractivity contribution is 5.27. The van der Waals surface area contributed by atoms with E-state index in [-0.39, 0.29) is 6.04 Å². The van der Waals surface area contributed by atoms with Gasteiger partial charge in [0.1, 0.15) is 11.5 Å². The molecule has 3 heteroatoms. The lowest BCUT2D eigenvalue weighted by atomic mass is 10.0. The molecule has 0 aliphatic carbocycles. The second-order valence-corrected chi connectivity index (χ2v) is 4.10. The average molecular weight is 231 g/mol. The van der Waals surface area contributed by atoms with Crippen molar-refractivity contribution < 1.29 is 9.15 Å². The normalized spacial score (nSPS) is 12.4. The Labute approximate surface area is 101 Å². The maximum Gasteiger partial charge on any atom is 0.118 e. The number of hydrogen-bond donors (Lipinski definition) is 1. The van der Waals surface area contributed by atoms with E-state index in [0.717, 1.165) is 24.4 Å². The minimum atomic E-state index is 0.0783. The molecule has 2 rings (SSSR count). The lowest BCUT2D eigenvalue weighted by Crippen LogP contribution is -2.25. The van der Waals surface area contributed by atoms with Gasteiger partial charge in [-0.05, 0) is 36.2 Å². The molecule has 0 saturated carbocycles. The van der Waals surface area contributed by atoms with Crippen molar-refractivity contribution in [2.24, 2.45) is 5.73 Å². The standard InChI is InChI=1S/C14H17NO2/c1-16-13-6-4-11(5-7-13)9-12(15)10-14-3-2-8-17-14/h2-8,12H,9-10,15H2,1H3. The summed E-state index contributed by atoms with van der Waals surface area (Å²) in [6, 6.07) is 11.9. The molecule has 0 radical (unpaired) electrons. The van der Waals surface area contributed by atoms with Crippen LogP contribution in [-0.4, -0.2) is 13.2 Å². The highest BCUT2D eigenvalue weighted by Crippen LogP contribution is 2.13. The van der Waals surface area contributed by atoms with E-state index in [9.17, 15) is 0 Å². The molecule has 2 aromatic rings. The summed E-state index contributed by atoms with van der Waals surface area (Å²) in [4.78, 5) is 0. The van der Waals surface area contributed by atoms with Gasteiger partial charge in [0.25, 0.3) is 0 Å². The zero-order chi connectivity index (χ0) is 12.1. The van der Waals surface area contributed by atoms with Crippen molar-refractivity contribution in [1.82, 2.24) is 0 Å². The summed E-state index contributed by atoms with van der Waals surface area (Å²) in [6.45, 7) is 0. The van der Waals surface area contributed by atoms with E-state index in [4.69, 9.17) is 14.9 Å². The Balaban J connectivity index is 1.91. The van der Waals surface area contributed by atoms with Gasteiger partial charge in [-0.3, -0.25) is 0 Å². The Morgan fingerprint density at radius 2 is 1.94 bits per heavy atom. The molecule has 0 spiro atoms. The van der Waals surface area contributed by atoms with Crippen LogP contribution in [0, 0.1) is 0 Å². The Kier molecular flexibility index (Phi) is 3.83. The molecule has 0 fully saturated rings. The van der Waals surface area contributed by atoms with Crippen molar-refractivity contribution in [3.8, 4) is 5.75 Å². The average Bonchev–Trinajstić information content (AvgIpc) is 2.82. The topological polar surface area (TPSA) is 48.4 Å². The lowest BCUT2D eigenvalue weighted by Gasteiger charge is -2.10. The van der Waals surface area contributed by atoms with Crippen molar-refractivity contribution in [2.45, 2.75) is 18.9 Å². The number of hydrogen-bond acceptors (Lipinski definition) is 3. The molecule has 1 heterocycles. The third-order valence-electron chi connectivity index (χ3n) is 2.70. The van der Waals surface area contributed by atoms with E-state index >= 15 is 0 Å². The highest BCUT2D eigenvalue weighted by Gasteiger charge is 2.07. The van der Waals surface area contributed by atoms with Crippen molar-refractivity contribution in [3.63, 3.8) is 0 Å². The van der Waals surface area contributed by atoms with E-state index in [1.807, 2.05) is 36.4 Å². The first kappa shape index (κ1) is 11.7. The fourth-order valence-electron chi connectivity index (χ4n) is 1.82. The highest BCUT2D eigenvalue weighted by atomic mass is 16.5. The number of rotatable bonds is 5. The lowest BCUT2D eigenvalue weighted by molar-refractivity contribution is 0.414. The molecule has 1 atom stereocenters. The maximum absolute atomic E-state index is 6.08. The molecule has 0 bridgehead atoms. The van der Waals surface area contributed by atoms with Crippen molar-refractivity contribution in [2.75, 3.05) is 7.11 Å². The Hall–Kier alpha value is -1.74. The van der Waals surface area contributed by atoms with E-state index in [1.54, 1.807) is 13.4 Å². The number of benzene rings is 1. The van der Waals surface area contributed by atoms with Gasteiger partial charge in [-0.2, -0.15) is 0 Å². The SMILES string of the molecule is COc1ccc(CC(N)Cc2ccco2)cc1. The summed E-state index contributed by atoms with van der Waals surface area (Å²) in [7, 11) is 1.66. The van der Waals surface area contributed by atoms with Gasteiger partial charge in [0.15, 0.2) is 0 Å². The minimum absolute atomic E-state index is 0.0783. The first-order valence-corrected chi connectivity index (χ1v) is 5.69. The number of nitrogens with two attached hydrogens (primary N) is 1. The Morgan fingerprint density at radius 1 is 1.18 bits per heavy atom. The molecular weight excluding hydrogens is 214 g/mol. The second-order valence-electron chi connectivity index (χ2n) is 4.10. The number of furan rings is 1. The second kappa shape index (κ2) is 5.55. The van der Waals surface area contributed by atoms with Crippen LogP contribution in [0.2, 0.25) is 0 Å². The van der Waals surface area contributed by atoms with Crippen LogP contribution < -0.4 is 10.5 Å². The van der Waals surface area contributed by atoms with E-state index in [0.29, 0.717) is 0 Å². The van der Waals surface area contributed by atoms with Gasteiger partial charge < -0.3 is 14.9 Å². The fourth-order valence-corrected chi connectivity index (χ4v) is 1.82. The van der Waals surface area contributed by atoms with Crippen LogP contribution in [-0.2, 0) is 12.8 Å². The zero-order valence-electron chi connectivity index (χ0n) is 9.93.